The molecule has 4 aliphatic carbocycles. The number of hydrogen-bond acceptors (Lipinski definition) is 0. The van der Waals surface area contributed by atoms with Gasteiger partial charge in [-0.05, 0) is 0 Å². The van der Waals surface area contributed by atoms with Crippen LogP contribution in [0.5, 0.6) is 0 Å². The van der Waals surface area contributed by atoms with Gasteiger partial charge in [-0.3, -0.25) is 0 Å². The third-order valence-electron chi connectivity index (χ3n) is 17.9. The van der Waals surface area contributed by atoms with Crippen molar-refractivity contribution in [3.63, 3.8) is 0 Å². The van der Waals surface area contributed by atoms with Crippen LogP contribution in [0, 0.1) is 10.8 Å². The SMILES string of the molecule is CCCC1(CC2=Cc3c(-c4ccc5ccccc5c4)cccc3[CH]2[Zr]([CH3])([CH3])(=[SiH2])[CH]2C(CC3(CCC)CCCCCCC3)=Cc3c(-c4ccc5ccccc5c4)cccc32)CCCCCCC1.Cl.Cl. The number of allylic oxidation sites excluding steroid dienone is 2. The molecule has 4 aliphatic rings. The zero-order chi connectivity index (χ0) is 45.4. The van der Waals surface area contributed by atoms with E-state index in [2.05, 4.69) is 163 Å². The molecule has 2 fully saturated rings. The number of halogens is 2. The summed E-state index contributed by atoms with van der Waals surface area (Å²) in [5.41, 5.74) is 16.4. The van der Waals surface area contributed by atoms with Gasteiger partial charge in [-0.25, -0.2) is 0 Å². The molecule has 0 heterocycles. The second-order valence-electron chi connectivity index (χ2n) is 23.4. The van der Waals surface area contributed by atoms with E-state index in [4.69, 9.17) is 0 Å². The van der Waals surface area contributed by atoms with Crippen molar-refractivity contribution in [2.75, 3.05) is 0 Å². The van der Waals surface area contributed by atoms with Crippen LogP contribution in [-0.2, 0) is 17.4 Å². The average Bonchev–Trinajstić information content (AvgIpc) is 3.88. The summed E-state index contributed by atoms with van der Waals surface area (Å²) in [6.45, 7) is 7.56. The number of rotatable bonds is 12. The Bertz CT molecular complexity index is 2670. The van der Waals surface area contributed by atoms with Crippen molar-refractivity contribution in [1.82, 2.24) is 0 Å². The first kappa shape index (κ1) is 51.4. The van der Waals surface area contributed by atoms with E-state index in [1.54, 1.807) is 11.1 Å². The molecular weight excluding hydrogens is 959 g/mol. The van der Waals surface area contributed by atoms with Crippen LogP contribution in [0.1, 0.15) is 172 Å². The fraction of sp³-hybridized carbons (Fsp3) is 0.438. The normalized spacial score (nSPS) is 20.4. The van der Waals surface area contributed by atoms with Crippen molar-refractivity contribution in [1.29, 1.82) is 0 Å². The van der Waals surface area contributed by atoms with E-state index < -0.39 is 17.4 Å². The summed E-state index contributed by atoms with van der Waals surface area (Å²) in [4.78, 5) is 0. The van der Waals surface area contributed by atoms with Gasteiger partial charge in [0, 0.05) is 0 Å². The van der Waals surface area contributed by atoms with E-state index in [9.17, 15) is 0 Å². The molecule has 4 heteroatoms. The molecule has 0 saturated heterocycles. The maximum absolute atomic E-state index is 4.10. The van der Waals surface area contributed by atoms with E-state index >= 15 is 0 Å². The minimum absolute atomic E-state index is 0. The molecule has 10 rings (SSSR count). The molecule has 0 nitrogen and oxygen atoms in total. The minimum atomic E-state index is -4.10. The van der Waals surface area contributed by atoms with Gasteiger partial charge in [0.1, 0.15) is 0 Å². The summed E-state index contributed by atoms with van der Waals surface area (Å²) >= 11 is -4.10. The Morgan fingerprint density at radius 2 is 0.824 bits per heavy atom. The molecule has 6 aromatic carbocycles. The summed E-state index contributed by atoms with van der Waals surface area (Å²) in [5, 5.41) is 5.33. The molecule has 0 radical (unpaired) electrons. The maximum Gasteiger partial charge on any atom is -0.147 e. The van der Waals surface area contributed by atoms with Gasteiger partial charge < -0.3 is 0 Å². The molecule has 68 heavy (non-hydrogen) atoms. The first-order valence-electron chi connectivity index (χ1n) is 26.8. The van der Waals surface area contributed by atoms with Crippen LogP contribution in [0.4, 0.5) is 0 Å². The van der Waals surface area contributed by atoms with Crippen LogP contribution in [0.2, 0.25) is 9.26 Å². The Labute approximate surface area is 426 Å². The number of benzene rings is 6. The third-order valence-corrected chi connectivity index (χ3v) is 35.4. The maximum atomic E-state index is 2.96. The van der Waals surface area contributed by atoms with E-state index in [0.29, 0.717) is 18.1 Å². The van der Waals surface area contributed by atoms with Gasteiger partial charge in [0.15, 0.2) is 0 Å². The van der Waals surface area contributed by atoms with Crippen LogP contribution in [0.15, 0.2) is 132 Å². The zero-order valence-corrected chi connectivity index (χ0v) is 47.5. The van der Waals surface area contributed by atoms with Crippen LogP contribution < -0.4 is 0 Å². The van der Waals surface area contributed by atoms with E-state index in [1.807, 2.05) is 11.1 Å². The summed E-state index contributed by atoms with van der Waals surface area (Å²) in [5.74, 6) is 0. The molecule has 2 saturated carbocycles. The molecule has 2 unspecified atom stereocenters. The summed E-state index contributed by atoms with van der Waals surface area (Å²) in [6, 6.07) is 47.4. The fourth-order valence-corrected chi connectivity index (χ4v) is 34.8. The zero-order valence-electron chi connectivity index (χ0n) is 42.0. The van der Waals surface area contributed by atoms with Gasteiger partial charge in [-0.15, -0.1) is 24.8 Å². The van der Waals surface area contributed by atoms with Crippen molar-refractivity contribution < 1.29 is 17.4 Å². The second kappa shape index (κ2) is 21.4. The first-order valence-corrected chi connectivity index (χ1v) is 40.5. The standard InChI is InChI=1S/2C31H35.2CH3.2ClH.H2Si.Zr/c2*1-2-17-31(18-8-4-3-5-9-19-31)23-24-20-27-13-10-14-29(30(27)21-24)28-16-15-25-11-6-7-12-26(25)22-28;;;;;;/h2*6-7,10-16,20-22H,2-5,8-9,17-19,23H2,1H3;2*1H3;2*1H;1H2;. The van der Waals surface area contributed by atoms with Gasteiger partial charge in [0.25, 0.3) is 0 Å². The summed E-state index contributed by atoms with van der Waals surface area (Å²) in [7, 11) is 0. The Morgan fingerprint density at radius 3 is 1.21 bits per heavy atom. The molecular formula is C64H80Cl2SiZr. The van der Waals surface area contributed by atoms with Crippen molar-refractivity contribution in [2.45, 2.75) is 159 Å². The molecule has 358 valence electrons. The fourth-order valence-electron chi connectivity index (χ4n) is 15.1. The molecule has 6 aromatic rings. The monoisotopic (exact) mass is 1040 g/mol. The topological polar surface area (TPSA) is 0 Å². The summed E-state index contributed by atoms with van der Waals surface area (Å²) in [6.07, 6.45) is 33.2. The third kappa shape index (κ3) is 10.1. The smallest absolute Gasteiger partial charge is 0.147 e. The second-order valence-corrected chi connectivity index (χ2v) is 53.8. The Hall–Kier alpha value is -3.00. The predicted molar refractivity (Wildman–Crippen MR) is 304 cm³/mol. The van der Waals surface area contributed by atoms with Crippen molar-refractivity contribution in [3.8, 4) is 22.3 Å². The quantitative estimate of drug-likeness (QED) is 0.107. The molecule has 2 atom stereocenters. The van der Waals surface area contributed by atoms with Crippen molar-refractivity contribution in [2.24, 2.45) is 10.8 Å². The molecule has 0 aromatic heterocycles. The van der Waals surface area contributed by atoms with Gasteiger partial charge in [-0.1, -0.05) is 0 Å². The molecule has 0 aliphatic heterocycles. The van der Waals surface area contributed by atoms with E-state index in [1.165, 1.54) is 183 Å². The molecule has 0 spiro atoms. The number of fused-ring (bicyclic) bond motifs is 4. The van der Waals surface area contributed by atoms with Crippen LogP contribution >= 0.6 is 24.8 Å². The minimum Gasteiger partial charge on any atom is -0.147 e. The average molecular weight is 1040 g/mol. The van der Waals surface area contributed by atoms with E-state index in [-0.39, 0.29) is 24.8 Å². The first-order chi connectivity index (χ1) is 32.1. The van der Waals surface area contributed by atoms with Gasteiger partial charge in [-0.2, -0.15) is 0 Å². The van der Waals surface area contributed by atoms with Gasteiger partial charge in [0.2, 0.25) is 0 Å². The molecule has 0 N–H and O–H groups in total. The van der Waals surface area contributed by atoms with E-state index in [0.717, 1.165) is 0 Å². The largest absolute Gasteiger partial charge is 0.147 e. The predicted octanol–water partition coefficient (Wildman–Crippen LogP) is 19.9. The van der Waals surface area contributed by atoms with Crippen LogP contribution in [-0.4, -0.2) is 6.88 Å². The van der Waals surface area contributed by atoms with Crippen LogP contribution in [0.3, 0.4) is 0 Å². The van der Waals surface area contributed by atoms with Gasteiger partial charge >= 0.3 is 405 Å². The molecule has 0 amide bonds. The van der Waals surface area contributed by atoms with Gasteiger partial charge in [0.05, 0.1) is 0 Å². The number of hydrogen-bond donors (Lipinski definition) is 0. The van der Waals surface area contributed by atoms with Crippen LogP contribution in [0.25, 0.3) is 56.0 Å². The molecule has 0 bridgehead atoms. The Balaban J connectivity index is 0.00000312. The Kier molecular flexibility index (Phi) is 16.1. The van der Waals surface area contributed by atoms with Crippen molar-refractivity contribution >= 4 is 65.4 Å². The van der Waals surface area contributed by atoms with Crippen molar-refractivity contribution in [3.05, 3.63) is 155 Å². The summed E-state index contributed by atoms with van der Waals surface area (Å²) < 4.78 is 6.92. The Morgan fingerprint density at radius 1 is 0.456 bits per heavy atom.